The first-order chi connectivity index (χ1) is 22.8. The van der Waals surface area contributed by atoms with Crippen LogP contribution in [0.3, 0.4) is 0 Å². The number of nitrogens with zero attached hydrogens (tertiary/aromatic N) is 2. The number of cyclic esters (lactones) is 1. The quantitative estimate of drug-likeness (QED) is 0.332. The van der Waals surface area contributed by atoms with Crippen molar-refractivity contribution in [2.24, 2.45) is 11.8 Å². The molecule has 0 unspecified atom stereocenters. The van der Waals surface area contributed by atoms with Crippen molar-refractivity contribution in [3.05, 3.63) is 94.5 Å². The van der Waals surface area contributed by atoms with Gasteiger partial charge in [0.2, 0.25) is 17.7 Å². The summed E-state index contributed by atoms with van der Waals surface area (Å²) in [4.78, 5) is 59.3. The number of carbonyl (C=O) groups excluding carboxylic acids is 4. The summed E-state index contributed by atoms with van der Waals surface area (Å²) in [6, 6.07) is 16.7. The fraction of sp³-hybridized carbons (Fsp3) is 0.429. The van der Waals surface area contributed by atoms with Gasteiger partial charge in [0.05, 0.1) is 25.2 Å². The van der Waals surface area contributed by atoms with Crippen molar-refractivity contribution in [3.63, 3.8) is 0 Å². The summed E-state index contributed by atoms with van der Waals surface area (Å²) in [6.07, 6.45) is 4.18. The van der Waals surface area contributed by atoms with Crippen molar-refractivity contribution in [2.75, 3.05) is 33.4 Å². The van der Waals surface area contributed by atoms with Crippen LogP contribution in [0, 0.1) is 11.8 Å². The standard InChI is InChI=1S/C35H38BrN3O8/c1-45-21-25-29(23-13-7-3-8-14-23)46-34(44)27-28-32(42)39(17-18-40)31(35(28)19-24(36)30(27)47-35)33(43)38(20-22-11-5-2-6-12-22)16-10-4-9-15-26(41)37-25/h2-8,10-14,19,25,27-31,40H,9,15-18,20-21H2,1H3,(H,37,41)/b10-4-/t25-,27+,28-,29-,30+,31+,35-/m1/s1. The Bertz CT molecular complexity index is 1550. The topological polar surface area (TPSA) is 135 Å². The summed E-state index contributed by atoms with van der Waals surface area (Å²) < 4.78 is 18.8. The summed E-state index contributed by atoms with van der Waals surface area (Å²) in [5.74, 6) is -3.96. The third-order valence-electron chi connectivity index (χ3n) is 9.26. The molecule has 6 rings (SSSR count). The summed E-state index contributed by atoms with van der Waals surface area (Å²) in [5.41, 5.74) is 0.0575. The highest BCUT2D eigenvalue weighted by atomic mass is 79.9. The summed E-state index contributed by atoms with van der Waals surface area (Å²) >= 11 is 3.57. The number of methoxy groups -OCH3 is 1. The van der Waals surface area contributed by atoms with Gasteiger partial charge < -0.3 is 34.4 Å². The summed E-state index contributed by atoms with van der Waals surface area (Å²) in [6.45, 7) is 0.0212. The number of benzene rings is 2. The van der Waals surface area contributed by atoms with Crippen molar-refractivity contribution in [1.29, 1.82) is 0 Å². The van der Waals surface area contributed by atoms with Crippen LogP contribution in [-0.2, 0) is 39.9 Å². The summed E-state index contributed by atoms with van der Waals surface area (Å²) in [5, 5.41) is 13.0. The number of aliphatic hydroxyl groups is 1. The zero-order valence-corrected chi connectivity index (χ0v) is 27.6. The van der Waals surface area contributed by atoms with Gasteiger partial charge in [0.25, 0.3) is 0 Å². The van der Waals surface area contributed by atoms with E-state index < -0.39 is 53.6 Å². The zero-order valence-electron chi connectivity index (χ0n) is 26.0. The Morgan fingerprint density at radius 2 is 1.72 bits per heavy atom. The molecule has 12 heteroatoms. The normalized spacial score (nSPS) is 31.8. The Labute approximate surface area is 281 Å². The minimum absolute atomic E-state index is 0.0597. The maximum Gasteiger partial charge on any atom is 0.313 e. The van der Waals surface area contributed by atoms with E-state index in [1.807, 2.05) is 60.7 Å². The van der Waals surface area contributed by atoms with Crippen LogP contribution in [0.1, 0.15) is 30.1 Å². The van der Waals surface area contributed by atoms with Crippen LogP contribution in [0.15, 0.2) is 83.4 Å². The molecule has 2 saturated heterocycles. The molecule has 4 aliphatic heterocycles. The average Bonchev–Trinajstić information content (AvgIpc) is 3.66. The number of hydrogen-bond acceptors (Lipinski definition) is 8. The second kappa shape index (κ2) is 14.1. The molecule has 0 radical (unpaired) electrons. The number of nitrogens with one attached hydrogen (secondary N) is 1. The molecule has 2 N–H and O–H groups in total. The van der Waals surface area contributed by atoms with Gasteiger partial charge in [-0.3, -0.25) is 19.2 Å². The average molecular weight is 709 g/mol. The molecule has 5 bridgehead atoms. The largest absolute Gasteiger partial charge is 0.455 e. The van der Waals surface area contributed by atoms with Gasteiger partial charge in [0.15, 0.2) is 0 Å². The lowest BCUT2D eigenvalue weighted by Crippen LogP contribution is -2.56. The van der Waals surface area contributed by atoms with E-state index in [1.165, 1.54) is 12.0 Å². The van der Waals surface area contributed by atoms with Gasteiger partial charge in [-0.1, -0.05) is 88.7 Å². The molecule has 0 aliphatic carbocycles. The molecular weight excluding hydrogens is 670 g/mol. The van der Waals surface area contributed by atoms with Crippen molar-refractivity contribution < 1.29 is 38.5 Å². The zero-order chi connectivity index (χ0) is 33.1. The minimum Gasteiger partial charge on any atom is -0.455 e. The van der Waals surface area contributed by atoms with Gasteiger partial charge in [0, 0.05) is 37.6 Å². The fourth-order valence-corrected chi connectivity index (χ4v) is 7.99. The number of aliphatic hydroxyl groups excluding tert-OH is 1. The molecule has 47 heavy (non-hydrogen) atoms. The van der Waals surface area contributed by atoms with E-state index in [4.69, 9.17) is 14.2 Å². The van der Waals surface area contributed by atoms with Crippen LogP contribution in [0.5, 0.6) is 0 Å². The highest BCUT2D eigenvalue weighted by molar-refractivity contribution is 9.11. The maximum atomic E-state index is 14.6. The van der Waals surface area contributed by atoms with E-state index in [0.717, 1.165) is 5.56 Å². The predicted molar refractivity (Wildman–Crippen MR) is 173 cm³/mol. The molecule has 248 valence electrons. The number of amides is 3. The van der Waals surface area contributed by atoms with Crippen LogP contribution in [-0.4, -0.2) is 95.8 Å². The molecule has 3 amide bonds. The molecular formula is C35H38BrN3O8. The molecule has 0 aromatic heterocycles. The SMILES string of the molecule is COC[C@H]1NC(=O)CC/C=C\CN(Cc2ccccc2)C(=O)[C@@H]2N(CCO)C(=O)[C@H]3[C@H](C(=O)O[C@@H]1c1ccccc1)[C@H]1O[C@@]23C=C1Br. The van der Waals surface area contributed by atoms with Crippen molar-refractivity contribution in [1.82, 2.24) is 15.1 Å². The Hall–Kier alpha value is -3.84. The van der Waals surface area contributed by atoms with Gasteiger partial charge in [-0.2, -0.15) is 0 Å². The lowest BCUT2D eigenvalue weighted by Gasteiger charge is -2.35. The molecule has 0 saturated carbocycles. The van der Waals surface area contributed by atoms with E-state index in [9.17, 15) is 24.3 Å². The van der Waals surface area contributed by atoms with Crippen LogP contribution in [0.2, 0.25) is 0 Å². The first-order valence-electron chi connectivity index (χ1n) is 15.8. The number of esters is 1. The Kier molecular flexibility index (Phi) is 9.93. The minimum atomic E-state index is -1.47. The van der Waals surface area contributed by atoms with Gasteiger partial charge in [-0.25, -0.2) is 0 Å². The number of ether oxygens (including phenoxy) is 3. The van der Waals surface area contributed by atoms with Gasteiger partial charge >= 0.3 is 5.97 Å². The van der Waals surface area contributed by atoms with E-state index in [0.29, 0.717) is 16.5 Å². The van der Waals surface area contributed by atoms with Gasteiger partial charge in [-0.05, 0) is 23.6 Å². The first kappa shape index (κ1) is 33.1. The van der Waals surface area contributed by atoms with Crippen LogP contribution >= 0.6 is 15.9 Å². The number of fused-ring (bicyclic) bond motifs is 2. The van der Waals surface area contributed by atoms with Gasteiger partial charge in [0.1, 0.15) is 29.8 Å². The number of rotatable bonds is 7. The lowest BCUT2D eigenvalue weighted by atomic mass is 9.74. The number of β-amino-alcohol motifs (C(OH)–C–C–N with tert-alkyl or cyclic N) is 1. The highest BCUT2D eigenvalue weighted by Crippen LogP contribution is 2.59. The Morgan fingerprint density at radius 1 is 1.00 bits per heavy atom. The number of halogens is 1. The monoisotopic (exact) mass is 707 g/mol. The van der Waals surface area contributed by atoms with E-state index in [2.05, 4.69) is 21.2 Å². The molecule has 4 heterocycles. The second-order valence-corrected chi connectivity index (χ2v) is 13.1. The van der Waals surface area contributed by atoms with E-state index in [1.54, 1.807) is 23.1 Å². The molecule has 2 aromatic carbocycles. The van der Waals surface area contributed by atoms with E-state index >= 15 is 0 Å². The highest BCUT2D eigenvalue weighted by Gasteiger charge is 2.75. The number of allylic oxidation sites excluding steroid dienone is 1. The van der Waals surface area contributed by atoms with Crippen molar-refractivity contribution in [3.8, 4) is 0 Å². The third kappa shape index (κ3) is 6.27. The van der Waals surface area contributed by atoms with Crippen molar-refractivity contribution in [2.45, 2.75) is 49.3 Å². The molecule has 7 atom stereocenters. The Balaban J connectivity index is 1.44. The van der Waals surface area contributed by atoms with Crippen LogP contribution in [0.25, 0.3) is 0 Å². The molecule has 2 aromatic rings. The summed E-state index contributed by atoms with van der Waals surface area (Å²) in [7, 11) is 1.50. The number of carbonyl (C=O) groups is 4. The fourth-order valence-electron chi connectivity index (χ4n) is 7.25. The maximum absolute atomic E-state index is 14.6. The molecule has 4 aliphatic rings. The van der Waals surface area contributed by atoms with Crippen LogP contribution in [0.4, 0.5) is 0 Å². The predicted octanol–water partition coefficient (Wildman–Crippen LogP) is 2.65. The van der Waals surface area contributed by atoms with Gasteiger partial charge in [-0.15, -0.1) is 0 Å². The van der Waals surface area contributed by atoms with E-state index in [-0.39, 0.29) is 51.1 Å². The Morgan fingerprint density at radius 3 is 2.43 bits per heavy atom. The molecule has 11 nitrogen and oxygen atoms in total. The first-order valence-corrected chi connectivity index (χ1v) is 16.6. The lowest BCUT2D eigenvalue weighted by molar-refractivity contribution is -0.162. The number of hydrogen-bond donors (Lipinski definition) is 2. The number of likely N-dealkylation sites (tertiary alicyclic amines) is 1. The van der Waals surface area contributed by atoms with Crippen molar-refractivity contribution >= 4 is 39.6 Å². The second-order valence-electron chi connectivity index (χ2n) is 12.2. The molecule has 1 spiro atoms. The smallest absolute Gasteiger partial charge is 0.313 e. The third-order valence-corrected chi connectivity index (χ3v) is 9.94. The molecule has 2 fully saturated rings. The van der Waals surface area contributed by atoms with Crippen LogP contribution < -0.4 is 5.32 Å².